The van der Waals surface area contributed by atoms with Crippen molar-refractivity contribution in [1.82, 2.24) is 15.2 Å². The molecule has 29 heavy (non-hydrogen) atoms. The van der Waals surface area contributed by atoms with Crippen LogP contribution in [0.5, 0.6) is 0 Å². The van der Waals surface area contributed by atoms with Gasteiger partial charge in [-0.1, -0.05) is 18.2 Å². The van der Waals surface area contributed by atoms with E-state index in [0.29, 0.717) is 22.5 Å². The van der Waals surface area contributed by atoms with Gasteiger partial charge < -0.3 is 0 Å². The second-order valence-corrected chi connectivity index (χ2v) is 6.38. The number of amides is 2. The molecule has 0 radical (unpaired) electrons. The highest BCUT2D eigenvalue weighted by atomic mass is 19.1. The average molecular weight is 390 g/mol. The number of nitrogens with one attached hydrogen (secondary N) is 1. The lowest BCUT2D eigenvalue weighted by Gasteiger charge is -2.13. The van der Waals surface area contributed by atoms with Crippen molar-refractivity contribution in [3.05, 3.63) is 77.7 Å². The van der Waals surface area contributed by atoms with E-state index in [-0.39, 0.29) is 11.5 Å². The molecule has 8 heteroatoms. The number of halogens is 1. The predicted octanol–water partition coefficient (Wildman–Crippen LogP) is 2.81. The van der Waals surface area contributed by atoms with Gasteiger partial charge in [0.25, 0.3) is 11.8 Å². The molecule has 1 aliphatic rings. The van der Waals surface area contributed by atoms with E-state index >= 15 is 0 Å². The number of nitrogens with zero attached hydrogens (tertiary/aromatic N) is 3. The third-order valence-electron chi connectivity index (χ3n) is 4.39. The van der Waals surface area contributed by atoms with E-state index in [9.17, 15) is 18.8 Å². The van der Waals surface area contributed by atoms with Crippen molar-refractivity contribution in [2.75, 3.05) is 5.01 Å². The van der Waals surface area contributed by atoms with Crippen LogP contribution in [-0.4, -0.2) is 27.5 Å². The number of hydrazine groups is 1. The highest BCUT2D eigenvalue weighted by Crippen LogP contribution is 2.27. The predicted molar refractivity (Wildman–Crippen MR) is 104 cm³/mol. The van der Waals surface area contributed by atoms with Crippen molar-refractivity contribution in [2.45, 2.75) is 6.92 Å². The fourth-order valence-corrected chi connectivity index (χ4v) is 2.96. The first-order valence-electron chi connectivity index (χ1n) is 8.73. The van der Waals surface area contributed by atoms with Crippen LogP contribution in [0.15, 0.2) is 66.4 Å². The molecule has 0 aliphatic carbocycles. The fourth-order valence-electron chi connectivity index (χ4n) is 2.96. The molecule has 2 heterocycles. The van der Waals surface area contributed by atoms with Crippen LogP contribution in [-0.2, 0) is 9.59 Å². The number of anilines is 1. The second kappa shape index (κ2) is 7.16. The maximum Gasteiger partial charge on any atom is 0.282 e. The van der Waals surface area contributed by atoms with Gasteiger partial charge in [0.05, 0.1) is 5.69 Å². The van der Waals surface area contributed by atoms with E-state index in [2.05, 4.69) is 10.5 Å². The smallest absolute Gasteiger partial charge is 0.273 e. The monoisotopic (exact) mass is 390 g/mol. The fraction of sp³-hybridized carbons (Fsp3) is 0.0476. The maximum atomic E-state index is 13.3. The summed E-state index contributed by atoms with van der Waals surface area (Å²) in [4.78, 5) is 37.0. The average Bonchev–Trinajstić information content (AvgIpc) is 3.26. The molecule has 0 spiro atoms. The summed E-state index contributed by atoms with van der Waals surface area (Å²) >= 11 is 0. The summed E-state index contributed by atoms with van der Waals surface area (Å²) < 4.78 is 14.4. The molecule has 144 valence electrons. The Hall–Kier alpha value is -4.07. The van der Waals surface area contributed by atoms with Crippen molar-refractivity contribution in [3.63, 3.8) is 0 Å². The third-order valence-corrected chi connectivity index (χ3v) is 4.39. The standard InChI is InChI=1S/C21H15FN4O3/c1-13(27)25-12-15(19(23-25)14-7-9-16(22)10-8-14)11-18-20(28)24-26(21(18)29)17-5-3-2-4-6-17/h2-12H,1H3,(H,24,28). The molecule has 4 rings (SSSR count). The number of hydrogen-bond donors (Lipinski definition) is 1. The lowest BCUT2D eigenvalue weighted by molar-refractivity contribution is -0.117. The van der Waals surface area contributed by atoms with Crippen LogP contribution in [0.3, 0.4) is 0 Å². The van der Waals surface area contributed by atoms with E-state index in [1.165, 1.54) is 43.5 Å². The van der Waals surface area contributed by atoms with Gasteiger partial charge in [0, 0.05) is 24.2 Å². The molecule has 7 nitrogen and oxygen atoms in total. The van der Waals surface area contributed by atoms with E-state index < -0.39 is 17.6 Å². The van der Waals surface area contributed by atoms with Crippen LogP contribution in [0.2, 0.25) is 0 Å². The largest absolute Gasteiger partial charge is 0.282 e. The van der Waals surface area contributed by atoms with Gasteiger partial charge in [0.2, 0.25) is 5.91 Å². The zero-order chi connectivity index (χ0) is 20.5. The summed E-state index contributed by atoms with van der Waals surface area (Å²) in [5.41, 5.74) is 4.23. The van der Waals surface area contributed by atoms with E-state index in [4.69, 9.17) is 0 Å². The van der Waals surface area contributed by atoms with Crippen LogP contribution in [0, 0.1) is 5.82 Å². The first-order valence-corrected chi connectivity index (χ1v) is 8.73. The molecule has 0 unspecified atom stereocenters. The third kappa shape index (κ3) is 3.43. The Morgan fingerprint density at radius 1 is 1.07 bits per heavy atom. The van der Waals surface area contributed by atoms with Gasteiger partial charge in [-0.2, -0.15) is 5.10 Å². The summed E-state index contributed by atoms with van der Waals surface area (Å²) in [5.74, 6) is -1.85. The number of carbonyl (C=O) groups excluding carboxylic acids is 3. The van der Waals surface area contributed by atoms with Crippen molar-refractivity contribution < 1.29 is 18.8 Å². The SMILES string of the molecule is CC(=O)n1cc(C=C2C(=O)NN(c3ccccc3)C2=O)c(-c2ccc(F)cc2)n1. The molecule has 0 bridgehead atoms. The summed E-state index contributed by atoms with van der Waals surface area (Å²) in [5, 5.41) is 5.38. The van der Waals surface area contributed by atoms with Crippen LogP contribution < -0.4 is 10.4 Å². The molecule has 0 atom stereocenters. The van der Waals surface area contributed by atoms with Gasteiger partial charge in [-0.3, -0.25) is 19.8 Å². The second-order valence-electron chi connectivity index (χ2n) is 6.38. The molecule has 1 N–H and O–H groups in total. The van der Waals surface area contributed by atoms with Crippen LogP contribution >= 0.6 is 0 Å². The lowest BCUT2D eigenvalue weighted by Crippen LogP contribution is -2.35. The number of hydrogen-bond acceptors (Lipinski definition) is 4. The highest BCUT2D eigenvalue weighted by Gasteiger charge is 2.34. The van der Waals surface area contributed by atoms with Crippen molar-refractivity contribution in [3.8, 4) is 11.3 Å². The normalized spacial score (nSPS) is 15.1. The minimum atomic E-state index is -0.570. The van der Waals surface area contributed by atoms with Gasteiger partial charge in [-0.05, 0) is 42.5 Å². The molecule has 1 saturated heterocycles. The molecular weight excluding hydrogens is 375 g/mol. The molecular formula is C21H15FN4O3. The van der Waals surface area contributed by atoms with Gasteiger partial charge >= 0.3 is 0 Å². The molecule has 3 aromatic rings. The number of aromatic nitrogens is 2. The van der Waals surface area contributed by atoms with Gasteiger partial charge in [0.1, 0.15) is 17.1 Å². The van der Waals surface area contributed by atoms with E-state index in [1.807, 2.05) is 0 Å². The lowest BCUT2D eigenvalue weighted by atomic mass is 10.1. The molecule has 2 aromatic carbocycles. The molecule has 0 saturated carbocycles. The zero-order valence-electron chi connectivity index (χ0n) is 15.3. The Labute approximate surface area is 165 Å². The molecule has 2 amide bonds. The Balaban J connectivity index is 1.77. The van der Waals surface area contributed by atoms with E-state index in [0.717, 1.165) is 9.69 Å². The van der Waals surface area contributed by atoms with Crippen LogP contribution in [0.25, 0.3) is 17.3 Å². The summed E-state index contributed by atoms with van der Waals surface area (Å²) in [6.45, 7) is 1.34. The number of benzene rings is 2. The molecule has 1 aliphatic heterocycles. The highest BCUT2D eigenvalue weighted by molar-refractivity contribution is 6.31. The topological polar surface area (TPSA) is 84.3 Å². The zero-order valence-corrected chi connectivity index (χ0v) is 15.3. The Morgan fingerprint density at radius 3 is 2.41 bits per heavy atom. The Kier molecular flexibility index (Phi) is 4.52. The van der Waals surface area contributed by atoms with Crippen molar-refractivity contribution in [2.24, 2.45) is 0 Å². The Bertz CT molecular complexity index is 1150. The van der Waals surface area contributed by atoms with Crippen molar-refractivity contribution in [1.29, 1.82) is 0 Å². The number of rotatable bonds is 3. The molecule has 1 fully saturated rings. The molecule has 1 aromatic heterocycles. The first-order chi connectivity index (χ1) is 13.9. The van der Waals surface area contributed by atoms with Gasteiger partial charge in [-0.15, -0.1) is 0 Å². The van der Waals surface area contributed by atoms with Gasteiger partial charge in [0.15, 0.2) is 0 Å². The number of para-hydroxylation sites is 1. The quantitative estimate of drug-likeness (QED) is 0.551. The maximum absolute atomic E-state index is 13.3. The van der Waals surface area contributed by atoms with Crippen molar-refractivity contribution >= 4 is 29.5 Å². The van der Waals surface area contributed by atoms with Crippen LogP contribution in [0.1, 0.15) is 17.3 Å². The van der Waals surface area contributed by atoms with Gasteiger partial charge in [-0.25, -0.2) is 14.1 Å². The summed E-state index contributed by atoms with van der Waals surface area (Å²) in [7, 11) is 0. The summed E-state index contributed by atoms with van der Waals surface area (Å²) in [6.07, 6.45) is 2.81. The Morgan fingerprint density at radius 2 is 1.76 bits per heavy atom. The minimum absolute atomic E-state index is 0.0969. The van der Waals surface area contributed by atoms with Crippen LogP contribution in [0.4, 0.5) is 10.1 Å². The minimum Gasteiger partial charge on any atom is -0.273 e. The van der Waals surface area contributed by atoms with E-state index in [1.54, 1.807) is 30.3 Å². The first kappa shape index (κ1) is 18.3. The number of carbonyl (C=O) groups is 3. The summed E-state index contributed by atoms with van der Waals surface area (Å²) in [6, 6.07) is 14.2.